The fourth-order valence-corrected chi connectivity index (χ4v) is 1.71. The van der Waals surface area contributed by atoms with Crippen molar-refractivity contribution in [3.05, 3.63) is 28.5 Å². The summed E-state index contributed by atoms with van der Waals surface area (Å²) in [5, 5.41) is 0.150. The molecule has 0 aliphatic carbocycles. The van der Waals surface area contributed by atoms with E-state index in [4.69, 9.17) is 16.3 Å². The summed E-state index contributed by atoms with van der Waals surface area (Å²) in [7, 11) is 1.42. The van der Waals surface area contributed by atoms with Crippen LogP contribution in [0.25, 0.3) is 0 Å². The summed E-state index contributed by atoms with van der Waals surface area (Å²) in [6.07, 6.45) is 0. The summed E-state index contributed by atoms with van der Waals surface area (Å²) >= 11 is 5.91. The van der Waals surface area contributed by atoms with Crippen molar-refractivity contribution in [3.8, 4) is 5.75 Å². The van der Waals surface area contributed by atoms with Gasteiger partial charge in [-0.1, -0.05) is 38.4 Å². The molecule has 0 saturated carbocycles. The predicted molar refractivity (Wildman–Crippen MR) is 56.7 cm³/mol. The van der Waals surface area contributed by atoms with E-state index in [2.05, 4.69) is 0 Å². The van der Waals surface area contributed by atoms with E-state index in [9.17, 15) is 4.39 Å². The maximum atomic E-state index is 13.5. The maximum Gasteiger partial charge on any atom is 0.183 e. The summed E-state index contributed by atoms with van der Waals surface area (Å²) in [6, 6.07) is 3.39. The van der Waals surface area contributed by atoms with Gasteiger partial charge in [0.05, 0.1) is 12.1 Å². The van der Waals surface area contributed by atoms with Gasteiger partial charge in [0.25, 0.3) is 0 Å². The Kier molecular flexibility index (Phi) is 3.05. The van der Waals surface area contributed by atoms with Crippen LogP contribution in [0.5, 0.6) is 5.75 Å². The molecule has 3 heteroatoms. The van der Waals surface area contributed by atoms with E-state index in [1.54, 1.807) is 12.1 Å². The van der Waals surface area contributed by atoms with Crippen molar-refractivity contribution >= 4 is 11.6 Å². The SMILES string of the molecule is COc1ccc(C(C)(C)C)c(Cl)c1F. The van der Waals surface area contributed by atoms with Crippen LogP contribution in [-0.4, -0.2) is 7.11 Å². The normalized spacial score (nSPS) is 11.6. The third kappa shape index (κ3) is 2.01. The molecule has 0 N–H and O–H groups in total. The first-order valence-electron chi connectivity index (χ1n) is 4.40. The number of benzene rings is 1. The Morgan fingerprint density at radius 2 is 1.86 bits per heavy atom. The first-order chi connectivity index (χ1) is 6.38. The average Bonchev–Trinajstić information content (AvgIpc) is 2.07. The van der Waals surface area contributed by atoms with Gasteiger partial charge in [-0.25, -0.2) is 4.39 Å². The van der Waals surface area contributed by atoms with Crippen LogP contribution in [0, 0.1) is 5.82 Å². The van der Waals surface area contributed by atoms with Crippen LogP contribution in [0.15, 0.2) is 12.1 Å². The molecule has 1 rings (SSSR count). The highest BCUT2D eigenvalue weighted by atomic mass is 35.5. The number of ether oxygens (including phenoxy) is 1. The lowest BCUT2D eigenvalue weighted by Crippen LogP contribution is -2.12. The fourth-order valence-electron chi connectivity index (χ4n) is 1.27. The van der Waals surface area contributed by atoms with Crippen LogP contribution in [0.1, 0.15) is 26.3 Å². The van der Waals surface area contributed by atoms with Crippen molar-refractivity contribution in [1.82, 2.24) is 0 Å². The molecule has 1 aromatic carbocycles. The average molecular weight is 217 g/mol. The number of methoxy groups -OCH3 is 1. The van der Waals surface area contributed by atoms with Crippen molar-refractivity contribution in [2.75, 3.05) is 7.11 Å². The van der Waals surface area contributed by atoms with Crippen LogP contribution in [-0.2, 0) is 5.41 Å². The molecule has 14 heavy (non-hydrogen) atoms. The second-order valence-electron chi connectivity index (χ2n) is 4.19. The second-order valence-corrected chi connectivity index (χ2v) is 4.57. The molecule has 0 spiro atoms. The molecule has 0 aromatic heterocycles. The fraction of sp³-hybridized carbons (Fsp3) is 0.455. The molecule has 0 bridgehead atoms. The van der Waals surface area contributed by atoms with E-state index in [1.165, 1.54) is 7.11 Å². The summed E-state index contributed by atoms with van der Waals surface area (Å²) in [6.45, 7) is 5.96. The maximum absolute atomic E-state index is 13.5. The van der Waals surface area contributed by atoms with Gasteiger partial charge >= 0.3 is 0 Å². The van der Waals surface area contributed by atoms with Crippen LogP contribution >= 0.6 is 11.6 Å². The van der Waals surface area contributed by atoms with Gasteiger partial charge in [-0.3, -0.25) is 0 Å². The highest BCUT2D eigenvalue weighted by Gasteiger charge is 2.21. The van der Waals surface area contributed by atoms with Crippen molar-refractivity contribution in [2.45, 2.75) is 26.2 Å². The predicted octanol–water partition coefficient (Wildman–Crippen LogP) is 3.79. The zero-order valence-electron chi connectivity index (χ0n) is 8.82. The Labute approximate surface area is 88.8 Å². The molecule has 0 amide bonds. The smallest absolute Gasteiger partial charge is 0.183 e. The Bertz CT molecular complexity index is 342. The Morgan fingerprint density at radius 1 is 1.29 bits per heavy atom. The van der Waals surface area contributed by atoms with Crippen LogP contribution in [0.2, 0.25) is 5.02 Å². The first-order valence-corrected chi connectivity index (χ1v) is 4.78. The molecule has 1 aromatic rings. The van der Waals surface area contributed by atoms with Gasteiger partial charge < -0.3 is 4.74 Å². The van der Waals surface area contributed by atoms with Crippen molar-refractivity contribution in [2.24, 2.45) is 0 Å². The lowest BCUT2D eigenvalue weighted by molar-refractivity contribution is 0.385. The van der Waals surface area contributed by atoms with Gasteiger partial charge in [0, 0.05) is 0 Å². The molecule has 0 aliphatic rings. The molecule has 0 fully saturated rings. The summed E-state index contributed by atoms with van der Waals surface area (Å²) in [4.78, 5) is 0. The molecule has 0 heterocycles. The molecule has 0 radical (unpaired) electrons. The number of rotatable bonds is 1. The molecule has 0 saturated heterocycles. The van der Waals surface area contributed by atoms with E-state index >= 15 is 0 Å². The summed E-state index contributed by atoms with van der Waals surface area (Å²) in [5.41, 5.74) is 0.627. The minimum Gasteiger partial charge on any atom is -0.494 e. The van der Waals surface area contributed by atoms with Gasteiger partial charge in [0.15, 0.2) is 11.6 Å². The third-order valence-corrected chi connectivity index (χ3v) is 2.44. The van der Waals surface area contributed by atoms with Gasteiger partial charge in [-0.15, -0.1) is 0 Å². The Balaban J connectivity index is 3.31. The largest absolute Gasteiger partial charge is 0.494 e. The molecule has 0 atom stereocenters. The van der Waals surface area contributed by atoms with Gasteiger partial charge in [0.2, 0.25) is 0 Å². The van der Waals surface area contributed by atoms with Crippen LogP contribution < -0.4 is 4.74 Å². The molecule has 0 aliphatic heterocycles. The molecular formula is C11H14ClFO. The van der Waals surface area contributed by atoms with E-state index in [1.807, 2.05) is 20.8 Å². The summed E-state index contributed by atoms with van der Waals surface area (Å²) in [5.74, 6) is -0.301. The molecule has 78 valence electrons. The van der Waals surface area contributed by atoms with Gasteiger partial charge in [-0.05, 0) is 17.0 Å². The van der Waals surface area contributed by atoms with Crippen LogP contribution in [0.4, 0.5) is 4.39 Å². The van der Waals surface area contributed by atoms with Crippen molar-refractivity contribution < 1.29 is 9.13 Å². The number of hydrogen-bond donors (Lipinski definition) is 0. The highest BCUT2D eigenvalue weighted by Crippen LogP contribution is 2.34. The molecular weight excluding hydrogens is 203 g/mol. The Morgan fingerprint density at radius 3 is 2.29 bits per heavy atom. The molecule has 1 nitrogen and oxygen atoms in total. The number of halogens is 2. The zero-order chi connectivity index (χ0) is 10.9. The minimum absolute atomic E-state index is 0.150. The topological polar surface area (TPSA) is 9.23 Å². The highest BCUT2D eigenvalue weighted by molar-refractivity contribution is 6.31. The summed E-state index contributed by atoms with van der Waals surface area (Å²) < 4.78 is 18.4. The van der Waals surface area contributed by atoms with Crippen molar-refractivity contribution in [3.63, 3.8) is 0 Å². The van der Waals surface area contributed by atoms with Gasteiger partial charge in [0.1, 0.15) is 0 Å². The van der Waals surface area contributed by atoms with Crippen LogP contribution in [0.3, 0.4) is 0 Å². The van der Waals surface area contributed by atoms with Crippen molar-refractivity contribution in [1.29, 1.82) is 0 Å². The van der Waals surface area contributed by atoms with Gasteiger partial charge in [-0.2, -0.15) is 0 Å². The Hall–Kier alpha value is -0.760. The lowest BCUT2D eigenvalue weighted by Gasteiger charge is -2.21. The molecule has 0 unspecified atom stereocenters. The second kappa shape index (κ2) is 3.77. The van der Waals surface area contributed by atoms with E-state index < -0.39 is 5.82 Å². The van der Waals surface area contributed by atoms with E-state index in [-0.39, 0.29) is 16.2 Å². The van der Waals surface area contributed by atoms with E-state index in [0.717, 1.165) is 5.56 Å². The third-order valence-electron chi connectivity index (χ3n) is 2.07. The quantitative estimate of drug-likeness (QED) is 0.694. The first kappa shape index (κ1) is 11.3. The van der Waals surface area contributed by atoms with E-state index in [0.29, 0.717) is 0 Å². The lowest BCUT2D eigenvalue weighted by atomic mass is 9.87. The standard InChI is InChI=1S/C11H14ClFO/c1-11(2,3)7-5-6-8(14-4)10(13)9(7)12/h5-6H,1-4H3. The minimum atomic E-state index is -0.485. The number of hydrogen-bond acceptors (Lipinski definition) is 1. The monoisotopic (exact) mass is 216 g/mol. The zero-order valence-corrected chi connectivity index (χ0v) is 9.57.